The molecule has 1 saturated carbocycles. The third-order valence-electron chi connectivity index (χ3n) is 2.97. The van der Waals surface area contributed by atoms with E-state index < -0.39 is 5.91 Å². The van der Waals surface area contributed by atoms with Crippen LogP contribution in [0.4, 0.5) is 5.82 Å². The number of rotatable bonds is 6. The number of aromatic nitrogens is 2. The number of nitrogens with one attached hydrogen (secondary N) is 1. The maximum atomic E-state index is 11.7. The fraction of sp³-hybridized carbons (Fsp3) is 0.615. The second-order valence-electron chi connectivity index (χ2n) is 5.50. The van der Waals surface area contributed by atoms with Gasteiger partial charge in [0.25, 0.3) is 5.56 Å². The highest BCUT2D eigenvalue weighted by Crippen LogP contribution is 2.37. The summed E-state index contributed by atoms with van der Waals surface area (Å²) in [6.07, 6.45) is 2.12. The normalized spacial score (nSPS) is 14.7. The number of hydrogen-bond acceptors (Lipinski definition) is 4. The molecule has 0 radical (unpaired) electrons. The number of hydrogen-bond donors (Lipinski definition) is 2. The molecule has 1 amide bonds. The van der Waals surface area contributed by atoms with Gasteiger partial charge in [-0.3, -0.25) is 9.59 Å². The second kappa shape index (κ2) is 5.42. The molecule has 0 atom stereocenters. The Morgan fingerprint density at radius 3 is 2.79 bits per heavy atom. The fourth-order valence-electron chi connectivity index (χ4n) is 2.04. The SMILES string of the molecule is CC(C)CN(CC(N)=O)c1cc(=O)[nH]c(C2CC2)n1. The van der Waals surface area contributed by atoms with E-state index in [0.717, 1.165) is 18.7 Å². The summed E-state index contributed by atoms with van der Waals surface area (Å²) in [5, 5.41) is 0. The van der Waals surface area contributed by atoms with Crippen molar-refractivity contribution < 1.29 is 4.79 Å². The minimum Gasteiger partial charge on any atom is -0.368 e. The summed E-state index contributed by atoms with van der Waals surface area (Å²) in [7, 11) is 0. The molecule has 0 saturated heterocycles. The van der Waals surface area contributed by atoms with Crippen molar-refractivity contribution >= 4 is 11.7 Å². The Morgan fingerprint density at radius 1 is 1.58 bits per heavy atom. The molecule has 0 unspecified atom stereocenters. The molecule has 0 aliphatic heterocycles. The van der Waals surface area contributed by atoms with E-state index in [4.69, 9.17) is 5.73 Å². The van der Waals surface area contributed by atoms with Crippen molar-refractivity contribution in [3.05, 3.63) is 22.2 Å². The van der Waals surface area contributed by atoms with E-state index in [9.17, 15) is 9.59 Å². The topological polar surface area (TPSA) is 92.1 Å². The predicted octanol–water partition coefficient (Wildman–Crippen LogP) is 0.595. The molecule has 6 heteroatoms. The molecule has 3 N–H and O–H groups in total. The largest absolute Gasteiger partial charge is 0.368 e. The monoisotopic (exact) mass is 264 g/mol. The Bertz CT molecular complexity index is 520. The molecule has 1 heterocycles. The average Bonchev–Trinajstić information content (AvgIpc) is 3.09. The Hall–Kier alpha value is -1.85. The molecule has 1 aliphatic carbocycles. The van der Waals surface area contributed by atoms with E-state index in [-0.39, 0.29) is 12.1 Å². The van der Waals surface area contributed by atoms with Gasteiger partial charge in [0.1, 0.15) is 11.6 Å². The third kappa shape index (κ3) is 3.81. The number of anilines is 1. The summed E-state index contributed by atoms with van der Waals surface area (Å²) in [4.78, 5) is 31.8. The van der Waals surface area contributed by atoms with Crippen molar-refractivity contribution in [1.29, 1.82) is 0 Å². The van der Waals surface area contributed by atoms with E-state index in [2.05, 4.69) is 9.97 Å². The molecule has 0 spiro atoms. The van der Waals surface area contributed by atoms with Crippen molar-refractivity contribution in [3.8, 4) is 0 Å². The second-order valence-corrected chi connectivity index (χ2v) is 5.50. The number of nitrogens with two attached hydrogens (primary N) is 1. The van der Waals surface area contributed by atoms with Gasteiger partial charge in [0.05, 0.1) is 6.54 Å². The maximum absolute atomic E-state index is 11.7. The molecule has 19 heavy (non-hydrogen) atoms. The first kappa shape index (κ1) is 13.6. The summed E-state index contributed by atoms with van der Waals surface area (Å²) in [5.74, 6) is 1.56. The van der Waals surface area contributed by atoms with Crippen LogP contribution in [0.3, 0.4) is 0 Å². The van der Waals surface area contributed by atoms with E-state index in [1.54, 1.807) is 4.90 Å². The van der Waals surface area contributed by atoms with E-state index in [0.29, 0.717) is 24.2 Å². The lowest BCUT2D eigenvalue weighted by Gasteiger charge is -2.24. The summed E-state index contributed by atoms with van der Waals surface area (Å²) in [6, 6.07) is 1.43. The number of aromatic amines is 1. The summed E-state index contributed by atoms with van der Waals surface area (Å²) >= 11 is 0. The third-order valence-corrected chi connectivity index (χ3v) is 2.97. The van der Waals surface area contributed by atoms with Gasteiger partial charge in [-0.1, -0.05) is 13.8 Å². The summed E-state index contributed by atoms with van der Waals surface area (Å²) < 4.78 is 0. The molecule has 0 bridgehead atoms. The zero-order chi connectivity index (χ0) is 14.0. The van der Waals surface area contributed by atoms with Gasteiger partial charge >= 0.3 is 0 Å². The number of H-pyrrole nitrogens is 1. The lowest BCUT2D eigenvalue weighted by Crippen LogP contribution is -2.37. The molecule has 104 valence electrons. The average molecular weight is 264 g/mol. The molecule has 1 fully saturated rings. The number of amides is 1. The van der Waals surface area contributed by atoms with Crippen LogP contribution in [0.2, 0.25) is 0 Å². The minimum absolute atomic E-state index is 0.0821. The minimum atomic E-state index is -0.421. The van der Waals surface area contributed by atoms with Gasteiger partial charge in [0, 0.05) is 18.5 Å². The standard InChI is InChI=1S/C13H20N4O2/c1-8(2)6-17(7-10(14)18)11-5-12(19)16-13(15-11)9-3-4-9/h5,8-9H,3-4,6-7H2,1-2H3,(H2,14,18)(H,15,16,19). The quantitative estimate of drug-likeness (QED) is 0.786. The highest BCUT2D eigenvalue weighted by molar-refractivity contribution is 5.79. The van der Waals surface area contributed by atoms with Gasteiger partial charge in [-0.15, -0.1) is 0 Å². The zero-order valence-electron chi connectivity index (χ0n) is 11.3. The molecular weight excluding hydrogens is 244 g/mol. The van der Waals surface area contributed by atoms with E-state index >= 15 is 0 Å². The molecule has 2 rings (SSSR count). The zero-order valence-corrected chi connectivity index (χ0v) is 11.3. The first-order valence-electron chi connectivity index (χ1n) is 6.60. The molecule has 1 aromatic heterocycles. The lowest BCUT2D eigenvalue weighted by molar-refractivity contribution is -0.116. The smallest absolute Gasteiger partial charge is 0.252 e. The van der Waals surface area contributed by atoms with E-state index in [1.807, 2.05) is 13.8 Å². The van der Waals surface area contributed by atoms with Crippen molar-refractivity contribution in [2.45, 2.75) is 32.6 Å². The van der Waals surface area contributed by atoms with Gasteiger partial charge in [-0.25, -0.2) is 4.98 Å². The van der Waals surface area contributed by atoms with E-state index in [1.165, 1.54) is 6.07 Å². The van der Waals surface area contributed by atoms with Crippen LogP contribution in [0.5, 0.6) is 0 Å². The highest BCUT2D eigenvalue weighted by Gasteiger charge is 2.27. The van der Waals surface area contributed by atoms with Gasteiger partial charge in [0.2, 0.25) is 5.91 Å². The van der Waals surface area contributed by atoms with Crippen LogP contribution >= 0.6 is 0 Å². The number of primary amides is 1. The van der Waals surface area contributed by atoms with Crippen molar-refractivity contribution in [1.82, 2.24) is 9.97 Å². The van der Waals surface area contributed by atoms with Gasteiger partial charge in [-0.2, -0.15) is 0 Å². The fourth-order valence-corrected chi connectivity index (χ4v) is 2.04. The number of carbonyl (C=O) groups excluding carboxylic acids is 1. The van der Waals surface area contributed by atoms with Crippen LogP contribution in [0.1, 0.15) is 38.4 Å². The molecular formula is C13H20N4O2. The Balaban J connectivity index is 2.28. The van der Waals surface area contributed by atoms with Crippen molar-refractivity contribution in [3.63, 3.8) is 0 Å². The predicted molar refractivity (Wildman–Crippen MR) is 73.1 cm³/mol. The van der Waals surface area contributed by atoms with Crippen LogP contribution in [-0.4, -0.2) is 29.0 Å². The van der Waals surface area contributed by atoms with Gasteiger partial charge < -0.3 is 15.6 Å². The Kier molecular flexibility index (Phi) is 3.87. The molecule has 0 aromatic carbocycles. The first-order valence-corrected chi connectivity index (χ1v) is 6.60. The maximum Gasteiger partial charge on any atom is 0.252 e. The van der Waals surface area contributed by atoms with Crippen LogP contribution in [0.15, 0.2) is 10.9 Å². The van der Waals surface area contributed by atoms with Crippen LogP contribution in [0.25, 0.3) is 0 Å². The molecule has 6 nitrogen and oxygen atoms in total. The van der Waals surface area contributed by atoms with Crippen LogP contribution < -0.4 is 16.2 Å². The highest BCUT2D eigenvalue weighted by atomic mass is 16.1. The first-order chi connectivity index (χ1) is 8.95. The Morgan fingerprint density at radius 2 is 2.26 bits per heavy atom. The Labute approximate surface area is 112 Å². The van der Waals surface area contributed by atoms with Crippen molar-refractivity contribution in [2.24, 2.45) is 11.7 Å². The number of carbonyl (C=O) groups is 1. The summed E-state index contributed by atoms with van der Waals surface area (Å²) in [6.45, 7) is 4.81. The summed E-state index contributed by atoms with van der Waals surface area (Å²) in [5.41, 5.74) is 5.08. The van der Waals surface area contributed by atoms with Gasteiger partial charge in [-0.05, 0) is 18.8 Å². The van der Waals surface area contributed by atoms with Crippen LogP contribution in [-0.2, 0) is 4.79 Å². The number of nitrogens with zero attached hydrogens (tertiary/aromatic N) is 2. The molecule has 1 aromatic rings. The van der Waals surface area contributed by atoms with Crippen LogP contribution in [0, 0.1) is 5.92 Å². The van der Waals surface area contributed by atoms with Crippen molar-refractivity contribution in [2.75, 3.05) is 18.0 Å². The lowest BCUT2D eigenvalue weighted by atomic mass is 10.2. The molecule has 1 aliphatic rings. The van der Waals surface area contributed by atoms with Gasteiger partial charge in [0.15, 0.2) is 0 Å².